The minimum absolute atomic E-state index is 0.690. The van der Waals surface area contributed by atoms with Gasteiger partial charge >= 0.3 is 0 Å². The molecule has 0 aromatic heterocycles. The molecule has 0 bridgehead atoms. The van der Waals surface area contributed by atoms with Crippen LogP contribution in [-0.2, 0) is 6.54 Å². The van der Waals surface area contributed by atoms with E-state index in [1.807, 2.05) is 6.07 Å². The van der Waals surface area contributed by atoms with E-state index in [2.05, 4.69) is 37.9 Å². The zero-order chi connectivity index (χ0) is 13.0. The third-order valence-corrected chi connectivity index (χ3v) is 2.94. The molecule has 18 heavy (non-hydrogen) atoms. The van der Waals surface area contributed by atoms with E-state index in [0.717, 1.165) is 44.2 Å². The van der Waals surface area contributed by atoms with Crippen molar-refractivity contribution < 1.29 is 9.47 Å². The van der Waals surface area contributed by atoms with Gasteiger partial charge in [0.1, 0.15) is 0 Å². The molecule has 0 spiro atoms. The van der Waals surface area contributed by atoms with Crippen LogP contribution in [0.25, 0.3) is 0 Å². The molecule has 0 amide bonds. The highest BCUT2D eigenvalue weighted by molar-refractivity contribution is 5.43. The van der Waals surface area contributed by atoms with Gasteiger partial charge < -0.3 is 14.4 Å². The van der Waals surface area contributed by atoms with Crippen LogP contribution in [0.3, 0.4) is 0 Å². The number of ether oxygens (including phenoxy) is 2. The molecule has 1 aromatic carbocycles. The second-order valence-corrected chi connectivity index (χ2v) is 5.42. The molecule has 0 aliphatic carbocycles. The van der Waals surface area contributed by atoms with E-state index in [9.17, 15) is 0 Å². The van der Waals surface area contributed by atoms with Gasteiger partial charge in [0.2, 0.25) is 0 Å². The summed E-state index contributed by atoms with van der Waals surface area (Å²) in [5.74, 6) is 2.46. The van der Waals surface area contributed by atoms with Gasteiger partial charge in [-0.05, 0) is 30.7 Å². The van der Waals surface area contributed by atoms with Gasteiger partial charge in [0.25, 0.3) is 0 Å². The van der Waals surface area contributed by atoms with Crippen LogP contribution in [0.15, 0.2) is 18.2 Å². The van der Waals surface area contributed by atoms with Crippen LogP contribution in [0, 0.1) is 5.92 Å². The number of rotatable bonds is 4. The minimum Gasteiger partial charge on any atom is -0.490 e. The lowest BCUT2D eigenvalue weighted by Crippen LogP contribution is -2.22. The van der Waals surface area contributed by atoms with Crippen molar-refractivity contribution in [2.24, 2.45) is 5.92 Å². The van der Waals surface area contributed by atoms with Crippen LogP contribution in [0.4, 0.5) is 0 Å². The average Bonchev–Trinajstić information content (AvgIpc) is 2.52. The fraction of sp³-hybridized carbons (Fsp3) is 0.600. The lowest BCUT2D eigenvalue weighted by atomic mass is 10.1. The highest BCUT2D eigenvalue weighted by atomic mass is 16.5. The Labute approximate surface area is 110 Å². The molecule has 0 unspecified atom stereocenters. The maximum Gasteiger partial charge on any atom is 0.161 e. The average molecular weight is 249 g/mol. The second-order valence-electron chi connectivity index (χ2n) is 5.42. The normalized spacial score (nSPS) is 14.9. The Bertz CT molecular complexity index is 390. The SMILES string of the molecule is CC(C)CN(C)Cc1ccc2c(c1)OCCCO2. The molecule has 1 aliphatic heterocycles. The zero-order valence-electron chi connectivity index (χ0n) is 11.6. The van der Waals surface area contributed by atoms with E-state index in [4.69, 9.17) is 9.47 Å². The van der Waals surface area contributed by atoms with Crippen molar-refractivity contribution in [2.75, 3.05) is 26.8 Å². The van der Waals surface area contributed by atoms with E-state index >= 15 is 0 Å². The molecule has 100 valence electrons. The van der Waals surface area contributed by atoms with Crippen molar-refractivity contribution in [2.45, 2.75) is 26.8 Å². The molecule has 0 atom stereocenters. The van der Waals surface area contributed by atoms with Gasteiger partial charge in [-0.15, -0.1) is 0 Å². The summed E-state index contributed by atoms with van der Waals surface area (Å²) in [6.07, 6.45) is 0.956. The summed E-state index contributed by atoms with van der Waals surface area (Å²) in [4.78, 5) is 2.34. The quantitative estimate of drug-likeness (QED) is 0.819. The van der Waals surface area contributed by atoms with Gasteiger partial charge in [-0.2, -0.15) is 0 Å². The number of benzene rings is 1. The van der Waals surface area contributed by atoms with Crippen molar-refractivity contribution in [1.82, 2.24) is 4.90 Å². The summed E-state index contributed by atoms with van der Waals surface area (Å²) in [5.41, 5.74) is 1.28. The van der Waals surface area contributed by atoms with Crippen LogP contribution in [0.1, 0.15) is 25.8 Å². The third-order valence-electron chi connectivity index (χ3n) is 2.94. The first-order valence-corrected chi connectivity index (χ1v) is 6.72. The fourth-order valence-electron chi connectivity index (χ4n) is 2.31. The van der Waals surface area contributed by atoms with Crippen LogP contribution in [0.2, 0.25) is 0 Å². The zero-order valence-corrected chi connectivity index (χ0v) is 11.6. The number of fused-ring (bicyclic) bond motifs is 1. The van der Waals surface area contributed by atoms with E-state index in [-0.39, 0.29) is 0 Å². The van der Waals surface area contributed by atoms with Gasteiger partial charge in [0.05, 0.1) is 13.2 Å². The van der Waals surface area contributed by atoms with E-state index < -0.39 is 0 Å². The van der Waals surface area contributed by atoms with Crippen LogP contribution in [-0.4, -0.2) is 31.7 Å². The molecule has 3 nitrogen and oxygen atoms in total. The van der Waals surface area contributed by atoms with Gasteiger partial charge in [0, 0.05) is 19.5 Å². The Morgan fingerprint density at radius 3 is 2.61 bits per heavy atom. The van der Waals surface area contributed by atoms with Crippen molar-refractivity contribution in [3.8, 4) is 11.5 Å². The molecule has 1 aliphatic rings. The minimum atomic E-state index is 0.690. The van der Waals surface area contributed by atoms with E-state index in [0.29, 0.717) is 5.92 Å². The molecule has 1 heterocycles. The van der Waals surface area contributed by atoms with Gasteiger partial charge in [-0.25, -0.2) is 0 Å². The van der Waals surface area contributed by atoms with Crippen LogP contribution in [0.5, 0.6) is 11.5 Å². The molecule has 1 aromatic rings. The molecule has 0 N–H and O–H groups in total. The molecule has 0 fully saturated rings. The van der Waals surface area contributed by atoms with Gasteiger partial charge in [-0.1, -0.05) is 19.9 Å². The molecular formula is C15H23NO2. The molecule has 0 saturated heterocycles. The summed E-state index contributed by atoms with van der Waals surface area (Å²) in [6, 6.07) is 6.26. The van der Waals surface area contributed by atoms with Gasteiger partial charge in [0.15, 0.2) is 11.5 Å². The Balaban J connectivity index is 2.03. The lowest BCUT2D eigenvalue weighted by Gasteiger charge is -2.19. The number of hydrogen-bond donors (Lipinski definition) is 0. The van der Waals surface area contributed by atoms with Gasteiger partial charge in [-0.3, -0.25) is 0 Å². The van der Waals surface area contributed by atoms with Crippen molar-refractivity contribution in [3.63, 3.8) is 0 Å². The smallest absolute Gasteiger partial charge is 0.161 e. The summed E-state index contributed by atoms with van der Waals surface area (Å²) < 4.78 is 11.3. The van der Waals surface area contributed by atoms with E-state index in [1.165, 1.54) is 5.56 Å². The standard InChI is InChI=1S/C15H23NO2/c1-12(2)10-16(3)11-13-5-6-14-15(9-13)18-8-4-7-17-14/h5-6,9,12H,4,7-8,10-11H2,1-3H3. The molecule has 0 radical (unpaired) electrons. The summed E-state index contributed by atoms with van der Waals surface area (Å²) >= 11 is 0. The summed E-state index contributed by atoms with van der Waals surface area (Å²) in [6.45, 7) is 8.04. The van der Waals surface area contributed by atoms with Crippen molar-refractivity contribution >= 4 is 0 Å². The monoisotopic (exact) mass is 249 g/mol. The van der Waals surface area contributed by atoms with E-state index in [1.54, 1.807) is 0 Å². The van der Waals surface area contributed by atoms with Crippen LogP contribution >= 0.6 is 0 Å². The highest BCUT2D eigenvalue weighted by Gasteiger charge is 2.11. The fourth-order valence-corrected chi connectivity index (χ4v) is 2.31. The van der Waals surface area contributed by atoms with Crippen LogP contribution < -0.4 is 9.47 Å². The molecular weight excluding hydrogens is 226 g/mol. The van der Waals surface area contributed by atoms with Crippen molar-refractivity contribution in [1.29, 1.82) is 0 Å². The first-order valence-electron chi connectivity index (χ1n) is 6.72. The topological polar surface area (TPSA) is 21.7 Å². The van der Waals surface area contributed by atoms with Crippen molar-refractivity contribution in [3.05, 3.63) is 23.8 Å². The molecule has 0 saturated carbocycles. The predicted octanol–water partition coefficient (Wildman–Crippen LogP) is 2.94. The summed E-state index contributed by atoms with van der Waals surface area (Å²) in [5, 5.41) is 0. The number of nitrogens with zero attached hydrogens (tertiary/aromatic N) is 1. The number of hydrogen-bond acceptors (Lipinski definition) is 3. The predicted molar refractivity (Wildman–Crippen MR) is 73.2 cm³/mol. The second kappa shape index (κ2) is 6.10. The first kappa shape index (κ1) is 13.2. The summed E-state index contributed by atoms with van der Waals surface area (Å²) in [7, 11) is 2.16. The Morgan fingerprint density at radius 1 is 1.17 bits per heavy atom. The molecule has 2 rings (SSSR count). The Morgan fingerprint density at radius 2 is 1.89 bits per heavy atom. The Kier molecular flexibility index (Phi) is 4.48. The maximum absolute atomic E-state index is 5.71. The first-order chi connectivity index (χ1) is 8.65. The Hall–Kier alpha value is -1.22. The lowest BCUT2D eigenvalue weighted by molar-refractivity contribution is 0.286. The highest BCUT2D eigenvalue weighted by Crippen LogP contribution is 2.30. The third kappa shape index (κ3) is 3.64. The maximum atomic E-state index is 5.71. The molecule has 3 heteroatoms. The largest absolute Gasteiger partial charge is 0.490 e.